The van der Waals surface area contributed by atoms with Crippen molar-refractivity contribution in [2.75, 3.05) is 37.0 Å². The van der Waals surface area contributed by atoms with E-state index in [0.717, 1.165) is 35.8 Å². The highest BCUT2D eigenvalue weighted by Crippen LogP contribution is 2.30. The van der Waals surface area contributed by atoms with Crippen molar-refractivity contribution in [2.45, 2.75) is 13.0 Å². The lowest BCUT2D eigenvalue weighted by atomic mass is 10.0. The average Bonchev–Trinajstić information content (AvgIpc) is 2.80. The first-order valence-corrected chi connectivity index (χ1v) is 10.5. The second-order valence-electron chi connectivity index (χ2n) is 7.41. The Bertz CT molecular complexity index is 1050. The number of nitrogens with zero attached hydrogens (tertiary/aromatic N) is 2. The van der Waals surface area contributed by atoms with E-state index in [9.17, 15) is 4.79 Å². The first-order valence-electron chi connectivity index (χ1n) is 10.1. The molecule has 1 aromatic heterocycles. The summed E-state index contributed by atoms with van der Waals surface area (Å²) in [5, 5.41) is 3.48. The molecule has 0 radical (unpaired) electrons. The minimum Gasteiger partial charge on any atom is -0.497 e. The van der Waals surface area contributed by atoms with Crippen LogP contribution in [-0.4, -0.2) is 43.8 Å². The molecular formula is C24H24ClN3O3. The number of benzene rings is 2. The maximum atomic E-state index is 12.8. The van der Waals surface area contributed by atoms with Crippen LogP contribution in [0.25, 0.3) is 11.1 Å². The summed E-state index contributed by atoms with van der Waals surface area (Å²) in [6.45, 7) is 4.35. The molecule has 1 fully saturated rings. The van der Waals surface area contributed by atoms with Gasteiger partial charge in [-0.05, 0) is 55.0 Å². The van der Waals surface area contributed by atoms with Gasteiger partial charge in [-0.3, -0.25) is 4.79 Å². The molecule has 2 aromatic carbocycles. The molecule has 3 aromatic rings. The number of aromatic nitrogens is 1. The topological polar surface area (TPSA) is 63.7 Å². The normalized spacial score (nSPS) is 16.1. The molecule has 31 heavy (non-hydrogen) atoms. The summed E-state index contributed by atoms with van der Waals surface area (Å²) in [6, 6.07) is 16.6. The van der Waals surface area contributed by atoms with Crippen molar-refractivity contribution < 1.29 is 14.3 Å². The van der Waals surface area contributed by atoms with E-state index >= 15 is 0 Å². The van der Waals surface area contributed by atoms with E-state index in [0.29, 0.717) is 22.9 Å². The van der Waals surface area contributed by atoms with Gasteiger partial charge in [0.05, 0.1) is 31.7 Å². The van der Waals surface area contributed by atoms with Gasteiger partial charge in [-0.25, -0.2) is 4.98 Å². The van der Waals surface area contributed by atoms with Crippen molar-refractivity contribution in [1.82, 2.24) is 4.98 Å². The lowest BCUT2D eigenvalue weighted by molar-refractivity contribution is 0.0529. The predicted octanol–water partition coefficient (Wildman–Crippen LogP) is 4.89. The van der Waals surface area contributed by atoms with E-state index in [4.69, 9.17) is 21.1 Å². The summed E-state index contributed by atoms with van der Waals surface area (Å²) >= 11 is 6.38. The Morgan fingerprint density at radius 3 is 2.68 bits per heavy atom. The Kier molecular flexibility index (Phi) is 6.39. The number of amides is 1. The van der Waals surface area contributed by atoms with Crippen LogP contribution in [0.1, 0.15) is 17.3 Å². The number of hydrogen-bond donors (Lipinski definition) is 1. The predicted molar refractivity (Wildman–Crippen MR) is 123 cm³/mol. The van der Waals surface area contributed by atoms with Crippen molar-refractivity contribution in [2.24, 2.45) is 0 Å². The molecule has 6 nitrogen and oxygen atoms in total. The molecule has 1 atom stereocenters. The molecule has 160 valence electrons. The number of ether oxygens (including phenoxy) is 2. The second kappa shape index (κ2) is 9.37. The smallest absolute Gasteiger partial charge is 0.255 e. The Labute approximate surface area is 186 Å². The standard InChI is InChI=1S/C24H24ClN3O3/c1-16-15-28(11-12-31-16)23-10-6-19(14-26-23)27-24(29)18-5-9-22(25)21(13-18)17-3-7-20(30-2)8-4-17/h3-10,13-14,16H,11-12,15H2,1-2H3,(H,27,29)/t16-/m1/s1. The molecule has 0 spiro atoms. The number of anilines is 2. The first kappa shape index (κ1) is 21.2. The second-order valence-corrected chi connectivity index (χ2v) is 7.82. The Balaban J connectivity index is 1.48. The average molecular weight is 438 g/mol. The monoisotopic (exact) mass is 437 g/mol. The van der Waals surface area contributed by atoms with Gasteiger partial charge in [-0.2, -0.15) is 0 Å². The maximum Gasteiger partial charge on any atom is 0.255 e. The summed E-state index contributed by atoms with van der Waals surface area (Å²) in [7, 11) is 1.62. The van der Waals surface area contributed by atoms with E-state index in [1.165, 1.54) is 0 Å². The maximum absolute atomic E-state index is 12.8. The molecule has 0 aliphatic carbocycles. The van der Waals surface area contributed by atoms with E-state index in [1.807, 2.05) is 43.3 Å². The molecular weight excluding hydrogens is 414 g/mol. The molecule has 0 bridgehead atoms. The van der Waals surface area contributed by atoms with Gasteiger partial charge in [0.25, 0.3) is 5.91 Å². The van der Waals surface area contributed by atoms with Gasteiger partial charge in [0.1, 0.15) is 11.6 Å². The summed E-state index contributed by atoms with van der Waals surface area (Å²) in [4.78, 5) is 19.5. The Hall–Kier alpha value is -3.09. The summed E-state index contributed by atoms with van der Waals surface area (Å²) < 4.78 is 10.8. The zero-order chi connectivity index (χ0) is 21.8. The lowest BCUT2D eigenvalue weighted by Gasteiger charge is -2.32. The molecule has 0 unspecified atom stereocenters. The van der Waals surface area contributed by atoms with Crippen LogP contribution >= 0.6 is 11.6 Å². The third-order valence-corrected chi connectivity index (χ3v) is 5.53. The summed E-state index contributed by atoms with van der Waals surface area (Å²) in [6.07, 6.45) is 1.85. The molecule has 1 aliphatic rings. The van der Waals surface area contributed by atoms with Gasteiger partial charge in [-0.15, -0.1) is 0 Å². The number of rotatable bonds is 5. The highest BCUT2D eigenvalue weighted by molar-refractivity contribution is 6.33. The van der Waals surface area contributed by atoms with Crippen LogP contribution in [0.15, 0.2) is 60.8 Å². The van der Waals surface area contributed by atoms with Gasteiger partial charge in [-0.1, -0.05) is 23.7 Å². The van der Waals surface area contributed by atoms with Crippen molar-refractivity contribution in [3.63, 3.8) is 0 Å². The number of carbonyl (C=O) groups is 1. The number of nitrogens with one attached hydrogen (secondary N) is 1. The number of halogens is 1. The number of morpholine rings is 1. The molecule has 1 amide bonds. The Morgan fingerprint density at radius 1 is 1.19 bits per heavy atom. The Morgan fingerprint density at radius 2 is 2.00 bits per heavy atom. The van der Waals surface area contributed by atoms with Crippen molar-refractivity contribution in [3.8, 4) is 16.9 Å². The SMILES string of the molecule is COc1ccc(-c2cc(C(=O)Nc3ccc(N4CCO[C@H](C)C4)nc3)ccc2Cl)cc1. The van der Waals surface area contributed by atoms with Crippen LogP contribution in [0.3, 0.4) is 0 Å². The van der Waals surface area contributed by atoms with Gasteiger partial charge >= 0.3 is 0 Å². The largest absolute Gasteiger partial charge is 0.497 e. The van der Waals surface area contributed by atoms with Crippen LogP contribution in [0, 0.1) is 0 Å². The minimum absolute atomic E-state index is 0.180. The van der Waals surface area contributed by atoms with E-state index in [1.54, 1.807) is 31.5 Å². The minimum atomic E-state index is -0.221. The summed E-state index contributed by atoms with van der Waals surface area (Å²) in [5.41, 5.74) is 2.84. The van der Waals surface area contributed by atoms with Crippen molar-refractivity contribution in [3.05, 3.63) is 71.4 Å². The molecule has 0 saturated carbocycles. The van der Waals surface area contributed by atoms with Crippen molar-refractivity contribution >= 4 is 29.0 Å². The van der Waals surface area contributed by atoms with E-state index in [2.05, 4.69) is 15.2 Å². The fraction of sp³-hybridized carbons (Fsp3) is 0.250. The molecule has 7 heteroatoms. The van der Waals surface area contributed by atoms with Crippen LogP contribution in [0.5, 0.6) is 5.75 Å². The fourth-order valence-electron chi connectivity index (χ4n) is 3.54. The third-order valence-electron chi connectivity index (χ3n) is 5.20. The number of hydrogen-bond acceptors (Lipinski definition) is 5. The quantitative estimate of drug-likeness (QED) is 0.615. The van der Waals surface area contributed by atoms with Crippen LogP contribution in [-0.2, 0) is 4.74 Å². The number of methoxy groups -OCH3 is 1. The molecule has 2 heterocycles. The molecule has 1 saturated heterocycles. The first-order chi connectivity index (χ1) is 15.0. The fourth-order valence-corrected chi connectivity index (χ4v) is 3.76. The molecule has 4 rings (SSSR count). The third kappa shape index (κ3) is 4.98. The number of carbonyl (C=O) groups excluding carboxylic acids is 1. The van der Waals surface area contributed by atoms with Crippen molar-refractivity contribution in [1.29, 1.82) is 0 Å². The zero-order valence-electron chi connectivity index (χ0n) is 17.5. The highest BCUT2D eigenvalue weighted by atomic mass is 35.5. The van der Waals surface area contributed by atoms with E-state index < -0.39 is 0 Å². The van der Waals surface area contributed by atoms with Crippen LogP contribution < -0.4 is 15.0 Å². The van der Waals surface area contributed by atoms with Gasteiger partial charge in [0.15, 0.2) is 0 Å². The van der Waals surface area contributed by atoms with Crippen LogP contribution in [0.2, 0.25) is 5.02 Å². The van der Waals surface area contributed by atoms with Gasteiger partial charge in [0.2, 0.25) is 0 Å². The lowest BCUT2D eigenvalue weighted by Crippen LogP contribution is -2.41. The molecule has 1 N–H and O–H groups in total. The van der Waals surface area contributed by atoms with E-state index in [-0.39, 0.29) is 12.0 Å². The highest BCUT2D eigenvalue weighted by Gasteiger charge is 2.18. The van der Waals surface area contributed by atoms with Gasteiger partial charge in [0, 0.05) is 29.2 Å². The molecule has 1 aliphatic heterocycles. The van der Waals surface area contributed by atoms with Crippen LogP contribution in [0.4, 0.5) is 11.5 Å². The van der Waals surface area contributed by atoms with Gasteiger partial charge < -0.3 is 19.7 Å². The zero-order valence-corrected chi connectivity index (χ0v) is 18.2. The summed E-state index contributed by atoms with van der Waals surface area (Å²) in [5.74, 6) is 1.42. The number of pyridine rings is 1.